The second-order valence-corrected chi connectivity index (χ2v) is 4.00. The summed E-state index contributed by atoms with van der Waals surface area (Å²) in [5, 5.41) is 0. The number of nitrogens with two attached hydrogens (primary N) is 1. The average molecular weight is 221 g/mol. The number of benzene rings is 1. The van der Waals surface area contributed by atoms with Gasteiger partial charge in [0.15, 0.2) is 0 Å². The van der Waals surface area contributed by atoms with Crippen molar-refractivity contribution in [3.8, 4) is 0 Å². The zero-order valence-corrected chi connectivity index (χ0v) is 10.1. The molecule has 0 aliphatic carbocycles. The van der Waals surface area contributed by atoms with Gasteiger partial charge in [0.2, 0.25) is 0 Å². The van der Waals surface area contributed by atoms with Crippen LogP contribution in [0.15, 0.2) is 18.2 Å². The number of aryl methyl sites for hydroxylation is 1. The molecule has 88 valence electrons. The Balaban J connectivity index is 2.95. The van der Waals surface area contributed by atoms with E-state index in [4.69, 9.17) is 5.73 Å². The first-order valence-corrected chi connectivity index (χ1v) is 5.43. The van der Waals surface area contributed by atoms with Crippen molar-refractivity contribution >= 4 is 5.97 Å². The summed E-state index contributed by atoms with van der Waals surface area (Å²) in [7, 11) is 1.40. The van der Waals surface area contributed by atoms with Gasteiger partial charge in [-0.05, 0) is 37.1 Å². The highest BCUT2D eigenvalue weighted by molar-refractivity contribution is 5.70. The molecule has 0 amide bonds. The second-order valence-electron chi connectivity index (χ2n) is 4.00. The number of methoxy groups -OCH3 is 1. The second kappa shape index (κ2) is 5.66. The van der Waals surface area contributed by atoms with Crippen LogP contribution in [-0.4, -0.2) is 19.6 Å². The van der Waals surface area contributed by atoms with E-state index in [1.165, 1.54) is 18.2 Å². The molecule has 1 aromatic carbocycles. The van der Waals surface area contributed by atoms with Crippen LogP contribution in [0, 0.1) is 13.8 Å². The Morgan fingerprint density at radius 1 is 1.44 bits per heavy atom. The van der Waals surface area contributed by atoms with Crippen LogP contribution in [0.1, 0.15) is 29.0 Å². The van der Waals surface area contributed by atoms with Crippen molar-refractivity contribution < 1.29 is 9.53 Å². The Kier molecular flexibility index (Phi) is 4.50. The molecule has 1 rings (SSSR count). The predicted octanol–water partition coefficient (Wildman–Crippen LogP) is 1.91. The zero-order valence-electron chi connectivity index (χ0n) is 10.1. The largest absolute Gasteiger partial charge is 0.469 e. The molecule has 1 atom stereocenters. The van der Waals surface area contributed by atoms with Gasteiger partial charge in [0.1, 0.15) is 0 Å². The summed E-state index contributed by atoms with van der Waals surface area (Å²) in [5.41, 5.74) is 9.30. The van der Waals surface area contributed by atoms with E-state index >= 15 is 0 Å². The minimum atomic E-state index is -0.212. The third kappa shape index (κ3) is 2.83. The summed E-state index contributed by atoms with van der Waals surface area (Å²) >= 11 is 0. The molecule has 3 nitrogen and oxygen atoms in total. The summed E-state index contributed by atoms with van der Waals surface area (Å²) in [6.07, 6.45) is 0.345. The molecule has 1 aromatic rings. The molecular formula is C13H19NO2. The van der Waals surface area contributed by atoms with E-state index in [1.54, 1.807) is 0 Å². The summed E-state index contributed by atoms with van der Waals surface area (Å²) in [6.45, 7) is 4.58. The van der Waals surface area contributed by atoms with Crippen LogP contribution >= 0.6 is 0 Å². The van der Waals surface area contributed by atoms with Crippen LogP contribution in [0.3, 0.4) is 0 Å². The van der Waals surface area contributed by atoms with Crippen molar-refractivity contribution in [2.45, 2.75) is 26.2 Å². The minimum absolute atomic E-state index is 0.0485. The van der Waals surface area contributed by atoms with Gasteiger partial charge in [-0.2, -0.15) is 0 Å². The summed E-state index contributed by atoms with van der Waals surface area (Å²) < 4.78 is 4.68. The van der Waals surface area contributed by atoms with Gasteiger partial charge in [0.05, 0.1) is 13.5 Å². The maximum atomic E-state index is 11.3. The number of rotatable bonds is 4. The molecule has 0 aliphatic heterocycles. The fourth-order valence-corrected chi connectivity index (χ4v) is 1.82. The van der Waals surface area contributed by atoms with Crippen molar-refractivity contribution in [1.82, 2.24) is 0 Å². The van der Waals surface area contributed by atoms with Crippen LogP contribution in [-0.2, 0) is 9.53 Å². The maximum absolute atomic E-state index is 11.3. The molecule has 0 saturated heterocycles. The summed E-state index contributed by atoms with van der Waals surface area (Å²) in [4.78, 5) is 11.3. The molecule has 0 bridgehead atoms. The Morgan fingerprint density at radius 2 is 2.12 bits per heavy atom. The molecule has 0 aliphatic rings. The Morgan fingerprint density at radius 3 is 2.69 bits per heavy atom. The quantitative estimate of drug-likeness (QED) is 0.790. The highest BCUT2D eigenvalue weighted by atomic mass is 16.5. The fraction of sp³-hybridized carbons (Fsp3) is 0.462. The van der Waals surface area contributed by atoms with E-state index in [9.17, 15) is 4.79 Å². The van der Waals surface area contributed by atoms with Crippen LogP contribution in [0.2, 0.25) is 0 Å². The molecule has 3 heteroatoms. The number of carbonyl (C=O) groups excluding carboxylic acids is 1. The molecule has 0 radical (unpaired) electrons. The van der Waals surface area contributed by atoms with E-state index in [-0.39, 0.29) is 11.9 Å². The lowest BCUT2D eigenvalue weighted by Crippen LogP contribution is -2.18. The standard InChI is InChI=1S/C13H19NO2/c1-9-5-4-6-12(10(9)2)11(8-14)7-13(15)16-3/h4-6,11H,7-8,14H2,1-3H3. The van der Waals surface area contributed by atoms with Crippen molar-refractivity contribution in [2.24, 2.45) is 5.73 Å². The van der Waals surface area contributed by atoms with Crippen molar-refractivity contribution in [3.05, 3.63) is 34.9 Å². The highest BCUT2D eigenvalue weighted by Gasteiger charge is 2.17. The first kappa shape index (κ1) is 12.7. The zero-order chi connectivity index (χ0) is 12.1. The molecule has 0 heterocycles. The van der Waals surface area contributed by atoms with Crippen LogP contribution in [0.5, 0.6) is 0 Å². The summed E-state index contributed by atoms with van der Waals surface area (Å²) in [5.74, 6) is -0.163. The monoisotopic (exact) mass is 221 g/mol. The Bertz CT molecular complexity index is 374. The van der Waals surface area contributed by atoms with Crippen molar-refractivity contribution in [1.29, 1.82) is 0 Å². The Labute approximate surface area is 96.6 Å². The van der Waals surface area contributed by atoms with E-state index in [2.05, 4.69) is 24.7 Å². The van der Waals surface area contributed by atoms with Gasteiger partial charge in [-0.1, -0.05) is 18.2 Å². The molecular weight excluding hydrogens is 202 g/mol. The third-order valence-electron chi connectivity index (χ3n) is 3.01. The number of carbonyl (C=O) groups is 1. The number of hydrogen-bond acceptors (Lipinski definition) is 3. The lowest BCUT2D eigenvalue weighted by Gasteiger charge is -2.17. The van der Waals surface area contributed by atoms with Crippen LogP contribution in [0.4, 0.5) is 0 Å². The lowest BCUT2D eigenvalue weighted by atomic mass is 9.90. The van der Waals surface area contributed by atoms with Crippen molar-refractivity contribution in [2.75, 3.05) is 13.7 Å². The first-order valence-electron chi connectivity index (χ1n) is 5.43. The third-order valence-corrected chi connectivity index (χ3v) is 3.01. The average Bonchev–Trinajstić information content (AvgIpc) is 2.29. The van der Waals surface area contributed by atoms with E-state index < -0.39 is 0 Å². The molecule has 2 N–H and O–H groups in total. The molecule has 0 fully saturated rings. The van der Waals surface area contributed by atoms with Gasteiger partial charge in [0, 0.05) is 5.92 Å². The van der Waals surface area contributed by atoms with Gasteiger partial charge in [-0.25, -0.2) is 0 Å². The first-order chi connectivity index (χ1) is 7.60. The molecule has 16 heavy (non-hydrogen) atoms. The molecule has 1 unspecified atom stereocenters. The van der Waals surface area contributed by atoms with E-state index in [1.807, 2.05) is 12.1 Å². The van der Waals surface area contributed by atoms with Gasteiger partial charge < -0.3 is 10.5 Å². The fourth-order valence-electron chi connectivity index (χ4n) is 1.82. The normalized spacial score (nSPS) is 12.2. The lowest BCUT2D eigenvalue weighted by molar-refractivity contribution is -0.141. The van der Waals surface area contributed by atoms with Gasteiger partial charge >= 0.3 is 5.97 Å². The minimum Gasteiger partial charge on any atom is -0.469 e. The molecule has 0 aromatic heterocycles. The highest BCUT2D eigenvalue weighted by Crippen LogP contribution is 2.24. The van der Waals surface area contributed by atoms with Gasteiger partial charge in [0.25, 0.3) is 0 Å². The van der Waals surface area contributed by atoms with E-state index in [0.29, 0.717) is 13.0 Å². The van der Waals surface area contributed by atoms with Crippen LogP contribution in [0.25, 0.3) is 0 Å². The van der Waals surface area contributed by atoms with Crippen LogP contribution < -0.4 is 5.73 Å². The molecule has 0 spiro atoms. The summed E-state index contributed by atoms with van der Waals surface area (Å²) in [6, 6.07) is 6.09. The predicted molar refractivity (Wildman–Crippen MR) is 64.3 cm³/mol. The SMILES string of the molecule is COC(=O)CC(CN)c1cccc(C)c1C. The number of esters is 1. The smallest absolute Gasteiger partial charge is 0.306 e. The van der Waals surface area contributed by atoms with Crippen molar-refractivity contribution in [3.63, 3.8) is 0 Å². The number of hydrogen-bond donors (Lipinski definition) is 1. The maximum Gasteiger partial charge on any atom is 0.306 e. The van der Waals surface area contributed by atoms with Gasteiger partial charge in [-0.15, -0.1) is 0 Å². The Hall–Kier alpha value is -1.35. The van der Waals surface area contributed by atoms with E-state index in [0.717, 1.165) is 5.56 Å². The topological polar surface area (TPSA) is 52.3 Å². The van der Waals surface area contributed by atoms with Gasteiger partial charge in [-0.3, -0.25) is 4.79 Å². The number of ether oxygens (including phenoxy) is 1. The molecule has 0 saturated carbocycles.